The molecule has 0 amide bonds. The molecule has 0 aromatic rings. The van der Waals surface area contributed by atoms with Crippen LogP contribution in [0.2, 0.25) is 0 Å². The highest BCUT2D eigenvalue weighted by Gasteiger charge is 2.37. The van der Waals surface area contributed by atoms with Crippen LogP contribution in [0, 0.1) is 17.2 Å². The normalized spacial score (nSPS) is 34.2. The zero-order valence-corrected chi connectivity index (χ0v) is 11.1. The van der Waals surface area contributed by atoms with Crippen LogP contribution in [0.5, 0.6) is 0 Å². The zero-order chi connectivity index (χ0) is 12.3. The summed E-state index contributed by atoms with van der Waals surface area (Å²) in [4.78, 5) is 2.58. The largest absolute Gasteiger partial charge is 0.363 e. The molecule has 17 heavy (non-hydrogen) atoms. The van der Waals surface area contributed by atoms with Gasteiger partial charge in [-0.25, -0.2) is 0 Å². The topological polar surface area (TPSA) is 36.3 Å². The van der Waals surface area contributed by atoms with Crippen LogP contribution in [-0.4, -0.2) is 36.7 Å². The van der Waals surface area contributed by atoms with Crippen molar-refractivity contribution in [2.45, 2.75) is 57.1 Å². The Labute approximate surface area is 105 Å². The van der Waals surface area contributed by atoms with E-state index in [9.17, 15) is 5.26 Å². The van der Waals surface area contributed by atoms with E-state index >= 15 is 0 Å². The van der Waals surface area contributed by atoms with Gasteiger partial charge in [0.2, 0.25) is 0 Å². The van der Waals surface area contributed by atoms with Crippen molar-refractivity contribution in [1.29, 1.82) is 5.26 Å². The third-order valence-corrected chi connectivity index (χ3v) is 4.70. The Kier molecular flexibility index (Phi) is 4.06. The van der Waals surface area contributed by atoms with E-state index in [2.05, 4.69) is 17.9 Å². The molecule has 0 spiro atoms. The molecular formula is C14H24N2O. The first-order valence-corrected chi connectivity index (χ1v) is 6.89. The fraction of sp³-hybridized carbons (Fsp3) is 0.929. The highest BCUT2D eigenvalue weighted by atomic mass is 16.5. The molecule has 2 rings (SSSR count). The van der Waals surface area contributed by atoms with Crippen LogP contribution in [0.25, 0.3) is 0 Å². The number of hydrogen-bond donors (Lipinski definition) is 0. The van der Waals surface area contributed by atoms with Gasteiger partial charge in [-0.3, -0.25) is 0 Å². The van der Waals surface area contributed by atoms with Crippen LogP contribution in [0.4, 0.5) is 0 Å². The van der Waals surface area contributed by atoms with E-state index in [1.807, 2.05) is 0 Å². The Bertz CT molecular complexity index is 281. The molecule has 1 saturated carbocycles. The third-order valence-electron chi connectivity index (χ3n) is 4.70. The molecule has 0 aromatic heterocycles. The summed E-state index contributed by atoms with van der Waals surface area (Å²) in [5.41, 5.74) is -0.502. The first-order chi connectivity index (χ1) is 8.19. The van der Waals surface area contributed by atoms with Crippen LogP contribution in [0.1, 0.15) is 45.4 Å². The molecular weight excluding hydrogens is 212 g/mol. The second-order valence-electron chi connectivity index (χ2n) is 5.76. The quantitative estimate of drug-likeness (QED) is 0.739. The average molecular weight is 236 g/mol. The van der Waals surface area contributed by atoms with Crippen molar-refractivity contribution in [1.82, 2.24) is 4.90 Å². The molecule has 96 valence electrons. The smallest absolute Gasteiger partial charge is 0.156 e. The minimum atomic E-state index is -0.502. The minimum Gasteiger partial charge on any atom is -0.363 e. The monoisotopic (exact) mass is 236 g/mol. The molecule has 1 aliphatic heterocycles. The summed E-state index contributed by atoms with van der Waals surface area (Å²) in [5, 5.41) is 9.18. The number of hydrogen-bond acceptors (Lipinski definition) is 3. The summed E-state index contributed by atoms with van der Waals surface area (Å²) >= 11 is 0. The van der Waals surface area contributed by atoms with Gasteiger partial charge in [0.1, 0.15) is 0 Å². The lowest BCUT2D eigenvalue weighted by molar-refractivity contribution is -0.0281. The molecule has 0 radical (unpaired) electrons. The lowest BCUT2D eigenvalue weighted by Gasteiger charge is -2.42. The van der Waals surface area contributed by atoms with Gasteiger partial charge in [-0.15, -0.1) is 0 Å². The van der Waals surface area contributed by atoms with Crippen LogP contribution in [0.3, 0.4) is 0 Å². The number of likely N-dealkylation sites (tertiary alicyclic amines) is 1. The molecule has 0 aromatic carbocycles. The summed E-state index contributed by atoms with van der Waals surface area (Å²) in [6.45, 7) is 4.42. The van der Waals surface area contributed by atoms with E-state index in [0.717, 1.165) is 37.9 Å². The molecule has 3 heteroatoms. The number of piperidine rings is 1. The van der Waals surface area contributed by atoms with Gasteiger partial charge in [-0.05, 0) is 31.6 Å². The van der Waals surface area contributed by atoms with E-state index in [4.69, 9.17) is 4.74 Å². The first-order valence-electron chi connectivity index (χ1n) is 6.89. The Morgan fingerprint density at radius 1 is 1.18 bits per heavy atom. The number of nitriles is 1. The van der Waals surface area contributed by atoms with Gasteiger partial charge in [0.15, 0.2) is 5.60 Å². The van der Waals surface area contributed by atoms with E-state index in [1.165, 1.54) is 25.7 Å². The van der Waals surface area contributed by atoms with Gasteiger partial charge in [0.25, 0.3) is 0 Å². The molecule has 1 heterocycles. The molecule has 3 nitrogen and oxygen atoms in total. The maximum absolute atomic E-state index is 9.18. The van der Waals surface area contributed by atoms with E-state index in [1.54, 1.807) is 7.11 Å². The van der Waals surface area contributed by atoms with Gasteiger partial charge in [0.05, 0.1) is 6.07 Å². The first kappa shape index (κ1) is 12.9. The number of ether oxygens (including phenoxy) is 1. The highest BCUT2D eigenvalue weighted by molar-refractivity contribution is 5.05. The summed E-state index contributed by atoms with van der Waals surface area (Å²) in [5.74, 6) is 0.910. The summed E-state index contributed by atoms with van der Waals surface area (Å²) in [6.07, 6.45) is 7.16. The Hall–Kier alpha value is -0.590. The second kappa shape index (κ2) is 5.37. The molecule has 2 fully saturated rings. The van der Waals surface area contributed by atoms with Crippen molar-refractivity contribution in [3.05, 3.63) is 0 Å². The minimum absolute atomic E-state index is 0.502. The van der Waals surface area contributed by atoms with Crippen LogP contribution in [-0.2, 0) is 4.74 Å². The van der Waals surface area contributed by atoms with E-state index in [0.29, 0.717) is 0 Å². The van der Waals surface area contributed by atoms with Crippen molar-refractivity contribution >= 4 is 0 Å². The maximum Gasteiger partial charge on any atom is 0.156 e. The zero-order valence-electron chi connectivity index (χ0n) is 11.1. The van der Waals surface area contributed by atoms with Crippen LogP contribution >= 0.6 is 0 Å². The van der Waals surface area contributed by atoms with Crippen LogP contribution < -0.4 is 0 Å². The molecule has 0 unspecified atom stereocenters. The number of rotatable bonds is 2. The van der Waals surface area contributed by atoms with Crippen molar-refractivity contribution in [3.8, 4) is 6.07 Å². The predicted molar refractivity (Wildman–Crippen MR) is 67.6 cm³/mol. The molecule has 1 saturated heterocycles. The van der Waals surface area contributed by atoms with E-state index < -0.39 is 5.60 Å². The molecule has 0 atom stereocenters. The van der Waals surface area contributed by atoms with Crippen molar-refractivity contribution in [2.24, 2.45) is 5.92 Å². The molecule has 1 aliphatic carbocycles. The SMILES string of the molecule is COC1(C#N)CCN(C2CCC(C)CC2)CC1. The highest BCUT2D eigenvalue weighted by Crippen LogP contribution is 2.32. The predicted octanol–water partition coefficient (Wildman–Crippen LogP) is 2.57. The summed E-state index contributed by atoms with van der Waals surface area (Å²) in [7, 11) is 1.67. The Balaban J connectivity index is 1.85. The standard InChI is InChI=1S/C14H24N2O/c1-12-3-5-13(6-4-12)16-9-7-14(11-15,17-2)8-10-16/h12-13H,3-10H2,1-2H3. The molecule has 0 bridgehead atoms. The molecule has 0 N–H and O–H groups in total. The van der Waals surface area contributed by atoms with E-state index in [-0.39, 0.29) is 0 Å². The fourth-order valence-corrected chi connectivity index (χ4v) is 3.22. The third kappa shape index (κ3) is 2.81. The number of methoxy groups -OCH3 is 1. The summed E-state index contributed by atoms with van der Waals surface area (Å²) in [6, 6.07) is 3.11. The van der Waals surface area contributed by atoms with Crippen molar-refractivity contribution in [2.75, 3.05) is 20.2 Å². The van der Waals surface area contributed by atoms with Gasteiger partial charge >= 0.3 is 0 Å². The van der Waals surface area contributed by atoms with Gasteiger partial charge in [0, 0.05) is 39.1 Å². The van der Waals surface area contributed by atoms with Gasteiger partial charge < -0.3 is 9.64 Å². The number of nitrogens with zero attached hydrogens (tertiary/aromatic N) is 2. The lowest BCUT2D eigenvalue weighted by atomic mass is 9.84. The Morgan fingerprint density at radius 3 is 2.24 bits per heavy atom. The Morgan fingerprint density at radius 2 is 1.76 bits per heavy atom. The van der Waals surface area contributed by atoms with Gasteiger partial charge in [-0.2, -0.15) is 5.26 Å². The fourth-order valence-electron chi connectivity index (χ4n) is 3.22. The van der Waals surface area contributed by atoms with Crippen molar-refractivity contribution in [3.63, 3.8) is 0 Å². The maximum atomic E-state index is 9.18. The average Bonchev–Trinajstić information content (AvgIpc) is 2.40. The lowest BCUT2D eigenvalue weighted by Crippen LogP contribution is -2.49. The van der Waals surface area contributed by atoms with Crippen LogP contribution in [0.15, 0.2) is 0 Å². The summed E-state index contributed by atoms with van der Waals surface area (Å²) < 4.78 is 5.39. The molecule has 2 aliphatic rings. The second-order valence-corrected chi connectivity index (χ2v) is 5.76. The van der Waals surface area contributed by atoms with Gasteiger partial charge in [-0.1, -0.05) is 6.92 Å². The van der Waals surface area contributed by atoms with Crippen molar-refractivity contribution < 1.29 is 4.74 Å².